The number of carbonyl (C=O) groups is 1. The summed E-state index contributed by atoms with van der Waals surface area (Å²) in [7, 11) is 0. The van der Waals surface area contributed by atoms with E-state index < -0.39 is 0 Å². The van der Waals surface area contributed by atoms with Crippen molar-refractivity contribution in [2.45, 2.75) is 45.1 Å². The molecule has 2 unspecified atom stereocenters. The van der Waals surface area contributed by atoms with E-state index in [1.54, 1.807) is 0 Å². The summed E-state index contributed by atoms with van der Waals surface area (Å²) < 4.78 is 0. The van der Waals surface area contributed by atoms with Gasteiger partial charge in [-0.2, -0.15) is 0 Å². The fraction of sp³-hybridized carbons (Fsp3) is 0.917. The van der Waals surface area contributed by atoms with Gasteiger partial charge in [0.1, 0.15) is 0 Å². The number of piperidine rings is 1. The van der Waals surface area contributed by atoms with Gasteiger partial charge in [-0.1, -0.05) is 13.3 Å². The lowest BCUT2D eigenvalue weighted by Gasteiger charge is -2.36. The Kier molecular flexibility index (Phi) is 3.29. The molecule has 1 saturated carbocycles. The summed E-state index contributed by atoms with van der Waals surface area (Å²) in [5.41, 5.74) is 6.03. The summed E-state index contributed by atoms with van der Waals surface area (Å²) >= 11 is 0. The fourth-order valence-electron chi connectivity index (χ4n) is 2.41. The van der Waals surface area contributed by atoms with Crippen LogP contribution in [0.15, 0.2) is 0 Å². The van der Waals surface area contributed by atoms with E-state index in [-0.39, 0.29) is 0 Å². The van der Waals surface area contributed by atoms with E-state index in [9.17, 15) is 4.79 Å². The number of carbonyl (C=O) groups excluding carboxylic acids is 1. The Morgan fingerprint density at radius 2 is 2.13 bits per heavy atom. The van der Waals surface area contributed by atoms with Crippen molar-refractivity contribution in [2.75, 3.05) is 13.1 Å². The van der Waals surface area contributed by atoms with Crippen LogP contribution in [0.5, 0.6) is 0 Å². The van der Waals surface area contributed by atoms with E-state index in [2.05, 4.69) is 6.92 Å². The lowest BCUT2D eigenvalue weighted by atomic mass is 9.90. The lowest BCUT2D eigenvalue weighted by Crippen LogP contribution is -2.49. The van der Waals surface area contributed by atoms with Crippen LogP contribution in [-0.2, 0) is 4.79 Å². The number of nitrogens with zero attached hydrogens (tertiary/aromatic N) is 1. The molecule has 1 heterocycles. The van der Waals surface area contributed by atoms with Crippen LogP contribution in [0, 0.1) is 11.8 Å². The molecule has 2 atom stereocenters. The third-order valence-corrected chi connectivity index (χ3v) is 3.83. The first-order valence-electron chi connectivity index (χ1n) is 6.24. The number of rotatable bonds is 3. The van der Waals surface area contributed by atoms with Crippen LogP contribution < -0.4 is 5.73 Å². The molecule has 1 saturated heterocycles. The van der Waals surface area contributed by atoms with Crippen molar-refractivity contribution in [1.82, 2.24) is 4.90 Å². The summed E-state index contributed by atoms with van der Waals surface area (Å²) in [6.45, 7) is 3.94. The smallest absolute Gasteiger partial charge is 0.222 e. The minimum absolute atomic E-state index is 0.306. The van der Waals surface area contributed by atoms with Gasteiger partial charge in [-0.15, -0.1) is 0 Å². The van der Waals surface area contributed by atoms with Gasteiger partial charge < -0.3 is 10.6 Å². The second kappa shape index (κ2) is 4.52. The molecule has 15 heavy (non-hydrogen) atoms. The highest BCUT2D eigenvalue weighted by molar-refractivity contribution is 5.76. The highest BCUT2D eigenvalue weighted by Gasteiger charge is 2.31. The van der Waals surface area contributed by atoms with E-state index in [0.29, 0.717) is 23.8 Å². The Labute approximate surface area is 92.0 Å². The molecule has 0 radical (unpaired) electrons. The van der Waals surface area contributed by atoms with Crippen LogP contribution in [0.4, 0.5) is 0 Å². The van der Waals surface area contributed by atoms with Crippen molar-refractivity contribution in [3.8, 4) is 0 Å². The van der Waals surface area contributed by atoms with Crippen LogP contribution in [0.3, 0.4) is 0 Å². The zero-order valence-electron chi connectivity index (χ0n) is 9.61. The summed E-state index contributed by atoms with van der Waals surface area (Å²) in [5, 5.41) is 0. The van der Waals surface area contributed by atoms with Gasteiger partial charge in [-0.3, -0.25) is 4.79 Å². The number of likely N-dealkylation sites (tertiary alicyclic amines) is 1. The first-order valence-corrected chi connectivity index (χ1v) is 6.24. The largest absolute Gasteiger partial charge is 0.342 e. The second-order valence-electron chi connectivity index (χ2n) is 5.11. The lowest BCUT2D eigenvalue weighted by molar-refractivity contribution is -0.133. The van der Waals surface area contributed by atoms with E-state index in [1.165, 1.54) is 12.8 Å². The minimum Gasteiger partial charge on any atom is -0.342 e. The second-order valence-corrected chi connectivity index (χ2v) is 5.11. The maximum absolute atomic E-state index is 11.9. The minimum atomic E-state index is 0.306. The van der Waals surface area contributed by atoms with Crippen molar-refractivity contribution in [1.29, 1.82) is 0 Å². The molecule has 1 amide bonds. The summed E-state index contributed by atoms with van der Waals surface area (Å²) in [6, 6.07) is 0.306. The van der Waals surface area contributed by atoms with Gasteiger partial charge in [0.2, 0.25) is 5.91 Å². The molecule has 1 aliphatic heterocycles. The summed E-state index contributed by atoms with van der Waals surface area (Å²) in [6.07, 6.45) is 5.38. The van der Waals surface area contributed by atoms with Gasteiger partial charge in [0.05, 0.1) is 0 Å². The third-order valence-electron chi connectivity index (χ3n) is 3.83. The van der Waals surface area contributed by atoms with Gasteiger partial charge in [0, 0.05) is 25.6 Å². The van der Waals surface area contributed by atoms with Gasteiger partial charge in [0.25, 0.3) is 0 Å². The van der Waals surface area contributed by atoms with E-state index in [1.807, 2.05) is 4.90 Å². The number of nitrogens with two attached hydrogens (primary N) is 1. The summed E-state index contributed by atoms with van der Waals surface area (Å²) in [4.78, 5) is 13.9. The monoisotopic (exact) mass is 210 g/mol. The predicted octanol–water partition coefficient (Wildman–Crippen LogP) is 1.37. The number of hydrogen-bond acceptors (Lipinski definition) is 2. The first kappa shape index (κ1) is 10.9. The quantitative estimate of drug-likeness (QED) is 0.764. The topological polar surface area (TPSA) is 46.3 Å². The maximum Gasteiger partial charge on any atom is 0.222 e. The first-order chi connectivity index (χ1) is 7.20. The van der Waals surface area contributed by atoms with Crippen molar-refractivity contribution < 1.29 is 4.79 Å². The molecule has 86 valence electrons. The molecule has 3 heteroatoms. The van der Waals surface area contributed by atoms with Gasteiger partial charge >= 0.3 is 0 Å². The molecule has 0 aromatic carbocycles. The molecule has 2 N–H and O–H groups in total. The average molecular weight is 210 g/mol. The molecule has 1 aliphatic carbocycles. The zero-order valence-corrected chi connectivity index (χ0v) is 9.61. The van der Waals surface area contributed by atoms with E-state index in [4.69, 9.17) is 5.73 Å². The van der Waals surface area contributed by atoms with E-state index >= 15 is 0 Å². The Bertz CT molecular complexity index is 238. The predicted molar refractivity (Wildman–Crippen MR) is 60.3 cm³/mol. The van der Waals surface area contributed by atoms with Crippen molar-refractivity contribution in [3.63, 3.8) is 0 Å². The molecule has 0 aromatic rings. The van der Waals surface area contributed by atoms with Crippen LogP contribution in [0.25, 0.3) is 0 Å². The molecule has 0 spiro atoms. The van der Waals surface area contributed by atoms with Crippen molar-refractivity contribution in [3.05, 3.63) is 0 Å². The fourth-order valence-corrected chi connectivity index (χ4v) is 2.41. The normalized spacial score (nSPS) is 31.7. The average Bonchev–Trinajstić information content (AvgIpc) is 3.02. The van der Waals surface area contributed by atoms with Gasteiger partial charge in [-0.05, 0) is 31.1 Å². The molecule has 2 fully saturated rings. The van der Waals surface area contributed by atoms with Gasteiger partial charge in [0.15, 0.2) is 0 Å². The van der Waals surface area contributed by atoms with Crippen LogP contribution in [-0.4, -0.2) is 29.9 Å². The standard InChI is InChI=1S/C12H22N2O/c1-2-10-8-14(6-5-11(10)13)12(15)7-9-3-4-9/h9-11H,2-8,13H2,1H3. The van der Waals surface area contributed by atoms with Crippen LogP contribution >= 0.6 is 0 Å². The summed E-state index contributed by atoms with van der Waals surface area (Å²) in [5.74, 6) is 1.58. The Morgan fingerprint density at radius 3 is 2.73 bits per heavy atom. The highest BCUT2D eigenvalue weighted by Crippen LogP contribution is 2.33. The Hall–Kier alpha value is -0.570. The number of hydrogen-bond donors (Lipinski definition) is 1. The Balaban J connectivity index is 1.84. The number of amides is 1. The zero-order chi connectivity index (χ0) is 10.8. The highest BCUT2D eigenvalue weighted by atomic mass is 16.2. The Morgan fingerprint density at radius 1 is 1.40 bits per heavy atom. The third kappa shape index (κ3) is 2.71. The molecular weight excluding hydrogens is 188 g/mol. The van der Waals surface area contributed by atoms with Crippen molar-refractivity contribution in [2.24, 2.45) is 17.6 Å². The van der Waals surface area contributed by atoms with Crippen molar-refractivity contribution >= 4 is 5.91 Å². The SMILES string of the molecule is CCC1CN(C(=O)CC2CC2)CCC1N. The van der Waals surface area contributed by atoms with E-state index in [0.717, 1.165) is 32.4 Å². The molecular formula is C12H22N2O. The maximum atomic E-state index is 11.9. The molecule has 2 aliphatic rings. The molecule has 3 nitrogen and oxygen atoms in total. The molecule has 0 aromatic heterocycles. The van der Waals surface area contributed by atoms with Crippen LogP contribution in [0.1, 0.15) is 39.0 Å². The molecule has 2 rings (SSSR count). The molecule has 0 bridgehead atoms. The van der Waals surface area contributed by atoms with Crippen LogP contribution in [0.2, 0.25) is 0 Å². The van der Waals surface area contributed by atoms with Gasteiger partial charge in [-0.25, -0.2) is 0 Å².